The van der Waals surface area contributed by atoms with Gasteiger partial charge in [-0.3, -0.25) is 0 Å². The van der Waals surface area contributed by atoms with E-state index in [0.717, 1.165) is 0 Å². The van der Waals surface area contributed by atoms with Gasteiger partial charge in [-0.2, -0.15) is 13.2 Å². The molecule has 0 aliphatic rings. The summed E-state index contributed by atoms with van der Waals surface area (Å²) >= 11 is 0. The molecule has 0 aliphatic carbocycles. The van der Waals surface area contributed by atoms with E-state index in [-0.39, 0.29) is 0 Å². The van der Waals surface area contributed by atoms with Crippen LogP contribution in [-0.2, 0) is 0 Å². The lowest BCUT2D eigenvalue weighted by Gasteiger charge is -2.04. The fraction of sp³-hybridized carbons (Fsp3) is 0.333. The molecular formula is C3H3F5Si. The third kappa shape index (κ3) is 2.59. The molecule has 9 heavy (non-hydrogen) atoms. The molecule has 0 saturated heterocycles. The molecule has 0 spiro atoms. The molecule has 0 nitrogen and oxygen atoms in total. The molecule has 0 radical (unpaired) electrons. The highest BCUT2D eigenvalue weighted by Gasteiger charge is 2.31. The van der Waals surface area contributed by atoms with Crippen molar-refractivity contribution >= 4 is 10.2 Å². The van der Waals surface area contributed by atoms with Gasteiger partial charge in [-0.15, -0.1) is 0 Å². The molecule has 0 amide bonds. The predicted octanol–water partition coefficient (Wildman–Crippen LogP) is 1.02. The third-order valence-electron chi connectivity index (χ3n) is 0.551. The second kappa shape index (κ2) is 2.46. The minimum Gasteiger partial charge on any atom is -0.205 e. The minimum absolute atomic E-state index is 0.936. The molecule has 0 fully saturated rings. The Morgan fingerprint density at radius 1 is 1.11 bits per heavy atom. The van der Waals surface area contributed by atoms with Crippen LogP contribution >= 0.6 is 0 Å². The Bertz CT molecular complexity index is 130. The smallest absolute Gasteiger partial charge is 0.205 e. The first kappa shape index (κ1) is 8.61. The summed E-state index contributed by atoms with van der Waals surface area (Å²) in [5.41, 5.74) is -3.92. The lowest BCUT2D eigenvalue weighted by atomic mass is 10.6. The maximum atomic E-state index is 11.5. The van der Waals surface area contributed by atoms with E-state index in [1.165, 1.54) is 0 Å². The fourth-order valence-electron chi connectivity index (χ4n) is 0.166. The molecule has 0 aliphatic heterocycles. The highest BCUT2D eigenvalue weighted by Crippen LogP contribution is 2.25. The quantitative estimate of drug-likeness (QED) is 0.399. The van der Waals surface area contributed by atoms with Crippen LogP contribution in [0.15, 0.2) is 11.9 Å². The molecular weight excluding hydrogens is 159 g/mol. The molecule has 0 heterocycles. The molecule has 0 rings (SSSR count). The van der Waals surface area contributed by atoms with Gasteiger partial charge in [0.2, 0.25) is 5.83 Å². The van der Waals surface area contributed by atoms with Gasteiger partial charge in [0, 0.05) is 0 Å². The lowest BCUT2D eigenvalue weighted by Crippen LogP contribution is -2.16. The van der Waals surface area contributed by atoms with Crippen LogP contribution in [0.3, 0.4) is 0 Å². The van der Waals surface area contributed by atoms with Crippen molar-refractivity contribution in [3.05, 3.63) is 11.9 Å². The Kier molecular flexibility index (Phi) is 2.36. The number of allylic oxidation sites excluding steroid dienone is 1. The summed E-state index contributed by atoms with van der Waals surface area (Å²) in [6.45, 7) is 0. The van der Waals surface area contributed by atoms with E-state index in [1.54, 1.807) is 0 Å². The Balaban J connectivity index is 4.40. The van der Waals surface area contributed by atoms with Crippen LogP contribution in [0, 0.1) is 0 Å². The number of hydrogen-bond acceptors (Lipinski definition) is 0. The molecule has 6 heteroatoms. The molecule has 0 aromatic heterocycles. The van der Waals surface area contributed by atoms with Crippen LogP contribution in [0.25, 0.3) is 0 Å². The SMILES string of the molecule is FC(F)=C(F)C(F)(F)[SiH3]. The fourth-order valence-corrected chi connectivity index (χ4v) is 0.355. The Morgan fingerprint density at radius 2 is 1.44 bits per heavy atom. The summed E-state index contributed by atoms with van der Waals surface area (Å²) < 4.78 is 56.4. The van der Waals surface area contributed by atoms with Crippen molar-refractivity contribution < 1.29 is 22.0 Å². The predicted molar refractivity (Wildman–Crippen MR) is 25.2 cm³/mol. The van der Waals surface area contributed by atoms with Crippen LogP contribution in [0.1, 0.15) is 0 Å². The second-order valence-electron chi connectivity index (χ2n) is 1.46. The van der Waals surface area contributed by atoms with Gasteiger partial charge in [0.05, 0.1) is 0 Å². The summed E-state index contributed by atoms with van der Waals surface area (Å²) in [7, 11) is -0.936. The van der Waals surface area contributed by atoms with Crippen LogP contribution in [0.4, 0.5) is 22.0 Å². The Hall–Kier alpha value is -0.393. The highest BCUT2D eigenvalue weighted by molar-refractivity contribution is 6.15. The van der Waals surface area contributed by atoms with Crippen LogP contribution in [0.5, 0.6) is 0 Å². The molecule has 0 atom stereocenters. The van der Waals surface area contributed by atoms with Crippen molar-refractivity contribution in [1.29, 1.82) is 0 Å². The number of rotatable bonds is 1. The zero-order valence-electron chi connectivity index (χ0n) is 4.39. The molecule has 0 N–H and O–H groups in total. The first-order chi connectivity index (χ1) is 3.85. The molecule has 0 unspecified atom stereocenters. The number of alkyl halides is 2. The molecule has 0 saturated carbocycles. The van der Waals surface area contributed by atoms with Crippen molar-refractivity contribution in [1.82, 2.24) is 0 Å². The first-order valence-corrected chi connectivity index (χ1v) is 2.94. The summed E-state index contributed by atoms with van der Waals surface area (Å²) in [4.78, 5) is 0. The summed E-state index contributed by atoms with van der Waals surface area (Å²) in [5.74, 6) is -2.60. The second-order valence-corrected chi connectivity index (χ2v) is 2.72. The van der Waals surface area contributed by atoms with Crippen molar-refractivity contribution in [3.63, 3.8) is 0 Å². The molecule has 0 aromatic carbocycles. The van der Waals surface area contributed by atoms with Crippen molar-refractivity contribution in [2.45, 2.75) is 5.55 Å². The number of halogens is 5. The topological polar surface area (TPSA) is 0 Å². The summed E-state index contributed by atoms with van der Waals surface area (Å²) in [5, 5.41) is 0. The highest BCUT2D eigenvalue weighted by atomic mass is 28.1. The maximum absolute atomic E-state index is 11.5. The van der Waals surface area contributed by atoms with Gasteiger partial charge in [-0.1, -0.05) is 0 Å². The Morgan fingerprint density at radius 3 is 1.44 bits per heavy atom. The van der Waals surface area contributed by atoms with Crippen LogP contribution in [-0.4, -0.2) is 15.8 Å². The van der Waals surface area contributed by atoms with E-state index < -0.39 is 27.7 Å². The lowest BCUT2D eigenvalue weighted by molar-refractivity contribution is 0.0977. The Labute approximate surface area is 50.8 Å². The summed E-state index contributed by atoms with van der Waals surface area (Å²) in [6, 6.07) is 0. The van der Waals surface area contributed by atoms with E-state index in [2.05, 4.69) is 0 Å². The molecule has 54 valence electrons. The van der Waals surface area contributed by atoms with E-state index >= 15 is 0 Å². The van der Waals surface area contributed by atoms with Crippen LogP contribution < -0.4 is 0 Å². The van der Waals surface area contributed by atoms with Gasteiger partial charge in [0.25, 0.3) is 5.55 Å². The van der Waals surface area contributed by atoms with E-state index in [4.69, 9.17) is 0 Å². The van der Waals surface area contributed by atoms with E-state index in [9.17, 15) is 22.0 Å². The average Bonchev–Trinajstić information content (AvgIpc) is 1.62. The summed E-state index contributed by atoms with van der Waals surface area (Å²) in [6.07, 6.45) is -2.94. The van der Waals surface area contributed by atoms with E-state index in [1.807, 2.05) is 0 Å². The van der Waals surface area contributed by atoms with Crippen molar-refractivity contribution in [3.8, 4) is 0 Å². The zero-order valence-corrected chi connectivity index (χ0v) is 6.39. The van der Waals surface area contributed by atoms with Crippen molar-refractivity contribution in [2.75, 3.05) is 0 Å². The maximum Gasteiger partial charge on any atom is 0.307 e. The number of hydrogen-bond donors (Lipinski definition) is 0. The van der Waals surface area contributed by atoms with Gasteiger partial charge >= 0.3 is 6.08 Å². The average molecular weight is 162 g/mol. The standard InChI is InChI=1S/C3H3F5Si/c4-1(2(5)6)3(7,8)9/h9H3. The minimum atomic E-state index is -3.92. The van der Waals surface area contributed by atoms with Crippen LogP contribution in [0.2, 0.25) is 0 Å². The largest absolute Gasteiger partial charge is 0.307 e. The monoisotopic (exact) mass is 162 g/mol. The molecule has 0 bridgehead atoms. The van der Waals surface area contributed by atoms with Gasteiger partial charge < -0.3 is 0 Å². The van der Waals surface area contributed by atoms with Gasteiger partial charge in [0.15, 0.2) is 0 Å². The van der Waals surface area contributed by atoms with Crippen molar-refractivity contribution in [2.24, 2.45) is 0 Å². The normalized spacial score (nSPS) is 11.7. The van der Waals surface area contributed by atoms with Gasteiger partial charge in [0.1, 0.15) is 10.2 Å². The first-order valence-electron chi connectivity index (χ1n) is 1.94. The molecule has 0 aromatic rings. The zero-order chi connectivity index (χ0) is 7.65. The van der Waals surface area contributed by atoms with Gasteiger partial charge in [-0.25, -0.2) is 8.78 Å². The van der Waals surface area contributed by atoms with Gasteiger partial charge in [-0.05, 0) is 0 Å². The third-order valence-corrected chi connectivity index (χ3v) is 0.990. The van der Waals surface area contributed by atoms with E-state index in [0.29, 0.717) is 0 Å².